The topological polar surface area (TPSA) is 55.6 Å². The molecule has 132 valence electrons. The number of morpholine rings is 1. The fourth-order valence-corrected chi connectivity index (χ4v) is 3.31. The minimum atomic E-state index is -0.0635. The van der Waals surface area contributed by atoms with Crippen LogP contribution in [0.4, 0.5) is 5.69 Å². The molecule has 2 aromatic rings. The lowest BCUT2D eigenvalue weighted by Crippen LogP contribution is -2.48. The van der Waals surface area contributed by atoms with Crippen molar-refractivity contribution < 1.29 is 9.53 Å². The van der Waals surface area contributed by atoms with Crippen molar-refractivity contribution >= 4 is 11.6 Å². The number of nitrogens with two attached hydrogens (primary N) is 1. The zero-order valence-corrected chi connectivity index (χ0v) is 15.2. The molecule has 2 atom stereocenters. The van der Waals surface area contributed by atoms with Crippen LogP contribution in [0.3, 0.4) is 0 Å². The molecule has 1 amide bonds. The maximum absolute atomic E-state index is 12.8. The molecule has 0 aromatic heterocycles. The van der Waals surface area contributed by atoms with Crippen LogP contribution in [-0.4, -0.2) is 30.0 Å². The second kappa shape index (κ2) is 7.28. The van der Waals surface area contributed by atoms with Crippen LogP contribution in [0.25, 0.3) is 0 Å². The average Bonchev–Trinajstić information content (AvgIpc) is 2.59. The fraction of sp³-hybridized carbons (Fsp3) is 0.381. The number of benzene rings is 2. The van der Waals surface area contributed by atoms with Crippen LogP contribution in [-0.2, 0) is 16.0 Å². The zero-order chi connectivity index (χ0) is 18.0. The van der Waals surface area contributed by atoms with Gasteiger partial charge in [0.15, 0.2) is 0 Å². The number of rotatable bonds is 3. The van der Waals surface area contributed by atoms with Gasteiger partial charge in [0.05, 0.1) is 25.6 Å². The van der Waals surface area contributed by atoms with Gasteiger partial charge >= 0.3 is 0 Å². The maximum atomic E-state index is 12.8. The second-order valence-electron chi connectivity index (χ2n) is 7.00. The average molecular weight is 338 g/mol. The smallest absolute Gasteiger partial charge is 0.227 e. The fourth-order valence-electron chi connectivity index (χ4n) is 3.31. The number of ether oxygens (including phenoxy) is 1. The minimum absolute atomic E-state index is 0.0635. The molecule has 0 spiro atoms. The summed E-state index contributed by atoms with van der Waals surface area (Å²) in [6, 6.07) is 14.0. The molecule has 1 fully saturated rings. The summed E-state index contributed by atoms with van der Waals surface area (Å²) in [4.78, 5) is 14.8. The summed E-state index contributed by atoms with van der Waals surface area (Å²) in [6.45, 7) is 7.38. The number of carbonyl (C=O) groups is 1. The van der Waals surface area contributed by atoms with E-state index in [2.05, 4.69) is 32.0 Å². The first kappa shape index (κ1) is 17.5. The maximum Gasteiger partial charge on any atom is 0.227 e. The highest BCUT2D eigenvalue weighted by Gasteiger charge is 2.31. The zero-order valence-electron chi connectivity index (χ0n) is 15.2. The van der Waals surface area contributed by atoms with Gasteiger partial charge in [-0.2, -0.15) is 0 Å². The van der Waals surface area contributed by atoms with Crippen molar-refractivity contribution in [3.8, 4) is 0 Å². The quantitative estimate of drug-likeness (QED) is 0.873. The normalized spacial score (nSPS) is 20.5. The van der Waals surface area contributed by atoms with Crippen LogP contribution in [0.5, 0.6) is 0 Å². The summed E-state index contributed by atoms with van der Waals surface area (Å²) >= 11 is 0. The lowest BCUT2D eigenvalue weighted by Gasteiger charge is -2.39. The molecular weight excluding hydrogens is 312 g/mol. The van der Waals surface area contributed by atoms with Crippen molar-refractivity contribution in [2.24, 2.45) is 0 Å². The molecule has 1 heterocycles. The number of hydrogen-bond donors (Lipinski definition) is 1. The molecule has 0 aliphatic carbocycles. The van der Waals surface area contributed by atoms with Crippen LogP contribution in [0.1, 0.15) is 35.3 Å². The van der Waals surface area contributed by atoms with Crippen molar-refractivity contribution in [3.63, 3.8) is 0 Å². The molecule has 3 rings (SSSR count). The molecule has 2 unspecified atom stereocenters. The van der Waals surface area contributed by atoms with Gasteiger partial charge in [-0.05, 0) is 49.6 Å². The number of hydrogen-bond acceptors (Lipinski definition) is 3. The summed E-state index contributed by atoms with van der Waals surface area (Å²) in [5, 5.41) is 0. The van der Waals surface area contributed by atoms with E-state index in [1.54, 1.807) is 0 Å². The highest BCUT2D eigenvalue weighted by Crippen LogP contribution is 2.28. The molecule has 4 nitrogen and oxygen atoms in total. The van der Waals surface area contributed by atoms with E-state index in [1.807, 2.05) is 36.1 Å². The Bertz CT molecular complexity index is 755. The Morgan fingerprint density at radius 2 is 1.92 bits per heavy atom. The number of nitrogen functional groups attached to an aromatic ring is 1. The van der Waals surface area contributed by atoms with E-state index in [0.29, 0.717) is 25.3 Å². The lowest BCUT2D eigenvalue weighted by atomic mass is 9.98. The highest BCUT2D eigenvalue weighted by atomic mass is 16.5. The molecule has 4 heteroatoms. The number of carbonyl (C=O) groups excluding carboxylic acids is 1. The van der Waals surface area contributed by atoms with Gasteiger partial charge in [-0.1, -0.05) is 35.9 Å². The summed E-state index contributed by atoms with van der Waals surface area (Å²) in [7, 11) is 0. The van der Waals surface area contributed by atoms with Crippen LogP contribution in [0, 0.1) is 13.8 Å². The SMILES string of the molecule is Cc1ccc(C)c(C2CN(C(=O)Cc3ccc(N)cc3)C(C)CO2)c1. The molecular formula is C21H26N2O2. The molecule has 1 aliphatic rings. The van der Waals surface area contributed by atoms with Crippen LogP contribution in [0.2, 0.25) is 0 Å². The molecule has 25 heavy (non-hydrogen) atoms. The Morgan fingerprint density at radius 3 is 2.64 bits per heavy atom. The molecule has 0 saturated carbocycles. The van der Waals surface area contributed by atoms with E-state index < -0.39 is 0 Å². The second-order valence-corrected chi connectivity index (χ2v) is 7.00. The summed E-state index contributed by atoms with van der Waals surface area (Å²) in [5.41, 5.74) is 11.0. The van der Waals surface area contributed by atoms with Gasteiger partial charge < -0.3 is 15.4 Å². The first-order valence-electron chi connectivity index (χ1n) is 8.76. The van der Waals surface area contributed by atoms with Crippen molar-refractivity contribution in [1.29, 1.82) is 0 Å². The number of nitrogens with zero attached hydrogens (tertiary/aromatic N) is 1. The molecule has 2 aromatic carbocycles. The van der Waals surface area contributed by atoms with Gasteiger partial charge in [0, 0.05) is 5.69 Å². The van der Waals surface area contributed by atoms with Gasteiger partial charge in [-0.3, -0.25) is 4.79 Å². The van der Waals surface area contributed by atoms with Gasteiger partial charge in [0.25, 0.3) is 0 Å². The molecule has 2 N–H and O–H groups in total. The number of anilines is 1. The Labute approximate surface area is 149 Å². The third-order valence-electron chi connectivity index (χ3n) is 4.87. The van der Waals surface area contributed by atoms with Crippen LogP contribution in [0.15, 0.2) is 42.5 Å². The van der Waals surface area contributed by atoms with E-state index in [9.17, 15) is 4.79 Å². The van der Waals surface area contributed by atoms with Gasteiger partial charge in [0.1, 0.15) is 6.10 Å². The van der Waals surface area contributed by atoms with Crippen molar-refractivity contribution in [2.45, 2.75) is 39.3 Å². The predicted molar refractivity (Wildman–Crippen MR) is 100 cm³/mol. The third kappa shape index (κ3) is 4.02. The first-order valence-corrected chi connectivity index (χ1v) is 8.76. The Balaban J connectivity index is 1.75. The summed E-state index contributed by atoms with van der Waals surface area (Å²) in [6.07, 6.45) is 0.330. The third-order valence-corrected chi connectivity index (χ3v) is 4.87. The minimum Gasteiger partial charge on any atom is -0.399 e. The highest BCUT2D eigenvalue weighted by molar-refractivity contribution is 5.79. The molecule has 0 radical (unpaired) electrons. The van der Waals surface area contributed by atoms with Crippen molar-refractivity contribution in [1.82, 2.24) is 4.90 Å². The molecule has 1 aliphatic heterocycles. The van der Waals surface area contributed by atoms with Gasteiger partial charge in [-0.25, -0.2) is 0 Å². The van der Waals surface area contributed by atoms with Crippen LogP contribution >= 0.6 is 0 Å². The van der Waals surface area contributed by atoms with E-state index in [0.717, 1.165) is 5.56 Å². The van der Waals surface area contributed by atoms with Gasteiger partial charge in [0.2, 0.25) is 5.91 Å². The van der Waals surface area contributed by atoms with E-state index >= 15 is 0 Å². The summed E-state index contributed by atoms with van der Waals surface area (Å²) in [5.74, 6) is 0.135. The Hall–Kier alpha value is -2.33. The Morgan fingerprint density at radius 1 is 1.20 bits per heavy atom. The van der Waals surface area contributed by atoms with E-state index in [-0.39, 0.29) is 18.1 Å². The Kier molecular flexibility index (Phi) is 5.09. The first-order chi connectivity index (χ1) is 11.9. The van der Waals surface area contributed by atoms with Crippen molar-refractivity contribution in [2.75, 3.05) is 18.9 Å². The summed E-state index contributed by atoms with van der Waals surface area (Å²) < 4.78 is 6.05. The number of aryl methyl sites for hydroxylation is 2. The van der Waals surface area contributed by atoms with E-state index in [4.69, 9.17) is 10.5 Å². The molecule has 1 saturated heterocycles. The molecule has 0 bridgehead atoms. The van der Waals surface area contributed by atoms with Gasteiger partial charge in [-0.15, -0.1) is 0 Å². The predicted octanol–water partition coefficient (Wildman–Crippen LogP) is 3.42. The van der Waals surface area contributed by atoms with Crippen LogP contribution < -0.4 is 5.73 Å². The van der Waals surface area contributed by atoms with Crippen molar-refractivity contribution in [3.05, 3.63) is 64.7 Å². The van der Waals surface area contributed by atoms with E-state index in [1.165, 1.54) is 16.7 Å². The monoisotopic (exact) mass is 338 g/mol. The standard InChI is InChI=1S/C21H26N2O2/c1-14-4-5-15(2)19(10-14)20-12-23(16(3)13-25-20)21(24)11-17-6-8-18(22)9-7-17/h4-10,16,20H,11-13,22H2,1-3H3. The number of amides is 1. The largest absolute Gasteiger partial charge is 0.399 e. The lowest BCUT2D eigenvalue weighted by molar-refractivity contribution is -0.143.